The topological polar surface area (TPSA) is 87.7 Å². The number of nitrogens with one attached hydrogen (secondary N) is 2. The molecule has 4 rings (SSSR count). The van der Waals surface area contributed by atoms with Gasteiger partial charge in [-0.1, -0.05) is 43.2 Å². The molecule has 3 amide bonds. The van der Waals surface area contributed by atoms with Crippen molar-refractivity contribution in [3.05, 3.63) is 65.7 Å². The summed E-state index contributed by atoms with van der Waals surface area (Å²) >= 11 is 6.47. The van der Waals surface area contributed by atoms with Crippen molar-refractivity contribution in [1.29, 1.82) is 0 Å². The Morgan fingerprint density at radius 3 is 2.25 bits per heavy atom. The standard InChI is InChI=1S/C28H34ClN3O4/c1-36-22-15-13-20(14-16-22)26(33)30-23-11-5-6-12-24(23)31-27(34)21-10-7-17-32(18-21)28(35)25(29)19-8-3-2-4-9-19/h2-4,8-9,13-16,21,23-25H,5-7,10-12,17-18H2,1H3,(H,30,33)(H,31,34)/t21-,23-,24-,25-/m1/s1. The molecule has 0 aromatic heterocycles. The van der Waals surface area contributed by atoms with Crippen LogP contribution in [0.15, 0.2) is 54.6 Å². The van der Waals surface area contributed by atoms with E-state index in [1.165, 1.54) is 0 Å². The Morgan fingerprint density at radius 2 is 1.58 bits per heavy atom. The number of likely N-dealkylation sites (tertiary alicyclic amines) is 1. The molecule has 1 heterocycles. The molecule has 7 nitrogen and oxygen atoms in total. The van der Waals surface area contributed by atoms with Crippen LogP contribution in [0.4, 0.5) is 0 Å². The Hall–Kier alpha value is -3.06. The molecule has 2 aromatic carbocycles. The Labute approximate surface area is 217 Å². The summed E-state index contributed by atoms with van der Waals surface area (Å²) in [5.41, 5.74) is 1.32. The molecule has 0 radical (unpaired) electrons. The van der Waals surface area contributed by atoms with Crippen LogP contribution in [0.5, 0.6) is 5.75 Å². The van der Waals surface area contributed by atoms with E-state index in [2.05, 4.69) is 10.6 Å². The predicted octanol–water partition coefficient (Wildman–Crippen LogP) is 4.07. The summed E-state index contributed by atoms with van der Waals surface area (Å²) in [6, 6.07) is 16.0. The van der Waals surface area contributed by atoms with Crippen molar-refractivity contribution in [1.82, 2.24) is 15.5 Å². The molecule has 2 fully saturated rings. The van der Waals surface area contributed by atoms with Crippen molar-refractivity contribution in [2.45, 2.75) is 56.0 Å². The zero-order chi connectivity index (χ0) is 25.5. The van der Waals surface area contributed by atoms with Crippen LogP contribution in [0.1, 0.15) is 59.8 Å². The molecule has 2 aliphatic rings. The molecule has 192 valence electrons. The highest BCUT2D eigenvalue weighted by Gasteiger charge is 2.34. The number of methoxy groups -OCH3 is 1. The minimum atomic E-state index is -0.760. The number of rotatable bonds is 7. The molecule has 8 heteroatoms. The van der Waals surface area contributed by atoms with Crippen LogP contribution in [0.3, 0.4) is 0 Å². The Bertz CT molecular complexity index is 1050. The van der Waals surface area contributed by atoms with Crippen LogP contribution in [0.2, 0.25) is 0 Å². The Balaban J connectivity index is 1.34. The fourth-order valence-electron chi connectivity index (χ4n) is 5.09. The summed E-state index contributed by atoms with van der Waals surface area (Å²) in [6.45, 7) is 0.957. The van der Waals surface area contributed by atoms with Gasteiger partial charge in [0.05, 0.1) is 13.0 Å². The highest BCUT2D eigenvalue weighted by Crippen LogP contribution is 2.27. The third-order valence-electron chi connectivity index (χ3n) is 7.18. The summed E-state index contributed by atoms with van der Waals surface area (Å²) < 4.78 is 5.16. The number of piperidine rings is 1. The van der Waals surface area contributed by atoms with Crippen molar-refractivity contribution >= 4 is 29.3 Å². The molecule has 2 N–H and O–H groups in total. The maximum absolute atomic E-state index is 13.2. The van der Waals surface area contributed by atoms with Gasteiger partial charge in [-0.2, -0.15) is 0 Å². The first-order chi connectivity index (χ1) is 17.5. The molecular formula is C28H34ClN3O4. The molecule has 1 saturated heterocycles. The van der Waals surface area contributed by atoms with Gasteiger partial charge < -0.3 is 20.3 Å². The summed E-state index contributed by atoms with van der Waals surface area (Å²) in [5, 5.41) is 5.54. The van der Waals surface area contributed by atoms with Gasteiger partial charge in [0.2, 0.25) is 11.8 Å². The first-order valence-electron chi connectivity index (χ1n) is 12.7. The van der Waals surface area contributed by atoms with Crippen molar-refractivity contribution < 1.29 is 19.1 Å². The van der Waals surface area contributed by atoms with E-state index in [4.69, 9.17) is 16.3 Å². The first-order valence-corrected chi connectivity index (χ1v) is 13.1. The Morgan fingerprint density at radius 1 is 0.917 bits per heavy atom. The van der Waals surface area contributed by atoms with E-state index in [-0.39, 0.29) is 35.7 Å². The third kappa shape index (κ3) is 6.38. The summed E-state index contributed by atoms with van der Waals surface area (Å²) in [7, 11) is 1.59. The molecule has 36 heavy (non-hydrogen) atoms. The molecule has 0 spiro atoms. The lowest BCUT2D eigenvalue weighted by atomic mass is 9.88. The SMILES string of the molecule is COc1ccc(C(=O)N[C@@H]2CCCC[C@H]2NC(=O)[C@@H]2CCCN(C(=O)[C@H](Cl)c3ccccc3)C2)cc1. The third-order valence-corrected chi connectivity index (χ3v) is 7.61. The number of ether oxygens (including phenoxy) is 1. The lowest BCUT2D eigenvalue weighted by Gasteiger charge is -2.36. The summed E-state index contributed by atoms with van der Waals surface area (Å²) in [4.78, 5) is 40.8. The number of benzene rings is 2. The number of halogens is 1. The van der Waals surface area contributed by atoms with Gasteiger partial charge in [-0.05, 0) is 55.5 Å². The van der Waals surface area contributed by atoms with E-state index < -0.39 is 5.38 Å². The van der Waals surface area contributed by atoms with Crippen LogP contribution in [-0.2, 0) is 9.59 Å². The maximum Gasteiger partial charge on any atom is 0.251 e. The van der Waals surface area contributed by atoms with E-state index >= 15 is 0 Å². The smallest absolute Gasteiger partial charge is 0.251 e. The van der Waals surface area contributed by atoms with E-state index in [0.29, 0.717) is 24.4 Å². The van der Waals surface area contributed by atoms with Crippen LogP contribution in [0, 0.1) is 5.92 Å². The lowest BCUT2D eigenvalue weighted by Crippen LogP contribution is -2.55. The average molecular weight is 512 g/mol. The quantitative estimate of drug-likeness (QED) is 0.548. The van der Waals surface area contributed by atoms with Crippen molar-refractivity contribution in [2.75, 3.05) is 20.2 Å². The molecule has 2 aromatic rings. The summed E-state index contributed by atoms with van der Waals surface area (Å²) in [6.07, 6.45) is 5.11. The molecule has 1 aliphatic carbocycles. The second kappa shape index (κ2) is 12.3. The van der Waals surface area contributed by atoms with E-state index in [1.54, 1.807) is 36.3 Å². The zero-order valence-electron chi connectivity index (χ0n) is 20.6. The molecule has 1 aliphatic heterocycles. The van der Waals surface area contributed by atoms with Gasteiger partial charge in [-0.15, -0.1) is 11.6 Å². The highest BCUT2D eigenvalue weighted by atomic mass is 35.5. The summed E-state index contributed by atoms with van der Waals surface area (Å²) in [5.74, 6) is 0.0183. The fraction of sp³-hybridized carbons (Fsp3) is 0.464. The van der Waals surface area contributed by atoms with Crippen molar-refractivity contribution in [3.8, 4) is 5.75 Å². The number of nitrogens with zero attached hydrogens (tertiary/aromatic N) is 1. The second-order valence-electron chi connectivity index (χ2n) is 9.60. The van der Waals surface area contributed by atoms with Gasteiger partial charge >= 0.3 is 0 Å². The monoisotopic (exact) mass is 511 g/mol. The highest BCUT2D eigenvalue weighted by molar-refractivity contribution is 6.30. The minimum Gasteiger partial charge on any atom is -0.497 e. The van der Waals surface area contributed by atoms with Crippen LogP contribution in [-0.4, -0.2) is 54.9 Å². The second-order valence-corrected chi connectivity index (χ2v) is 10.0. The predicted molar refractivity (Wildman–Crippen MR) is 139 cm³/mol. The van der Waals surface area contributed by atoms with E-state index in [9.17, 15) is 14.4 Å². The van der Waals surface area contributed by atoms with Gasteiger partial charge in [0, 0.05) is 30.7 Å². The van der Waals surface area contributed by atoms with Gasteiger partial charge in [0.15, 0.2) is 0 Å². The molecular weight excluding hydrogens is 478 g/mol. The minimum absolute atomic E-state index is 0.0612. The van der Waals surface area contributed by atoms with Gasteiger partial charge in [-0.25, -0.2) is 0 Å². The average Bonchev–Trinajstić information content (AvgIpc) is 2.93. The van der Waals surface area contributed by atoms with Crippen LogP contribution >= 0.6 is 11.6 Å². The Kier molecular flexibility index (Phi) is 8.86. The van der Waals surface area contributed by atoms with E-state index in [0.717, 1.165) is 44.1 Å². The first kappa shape index (κ1) is 26.0. The van der Waals surface area contributed by atoms with E-state index in [1.807, 2.05) is 30.3 Å². The number of carbonyl (C=O) groups excluding carboxylic acids is 3. The fourth-order valence-corrected chi connectivity index (χ4v) is 5.37. The van der Waals surface area contributed by atoms with Crippen molar-refractivity contribution in [3.63, 3.8) is 0 Å². The van der Waals surface area contributed by atoms with Crippen LogP contribution in [0.25, 0.3) is 0 Å². The normalized spacial score (nSPS) is 22.8. The number of alkyl halides is 1. The molecule has 0 unspecified atom stereocenters. The number of hydrogen-bond donors (Lipinski definition) is 2. The van der Waals surface area contributed by atoms with Gasteiger partial charge in [0.25, 0.3) is 5.91 Å². The van der Waals surface area contributed by atoms with Crippen molar-refractivity contribution in [2.24, 2.45) is 5.92 Å². The number of amides is 3. The molecule has 1 saturated carbocycles. The van der Waals surface area contributed by atoms with Gasteiger partial charge in [-0.3, -0.25) is 14.4 Å². The van der Waals surface area contributed by atoms with Gasteiger partial charge in [0.1, 0.15) is 11.1 Å². The molecule has 0 bridgehead atoms. The zero-order valence-corrected chi connectivity index (χ0v) is 21.4. The largest absolute Gasteiger partial charge is 0.497 e. The lowest BCUT2D eigenvalue weighted by molar-refractivity contribution is -0.135. The maximum atomic E-state index is 13.2. The van der Waals surface area contributed by atoms with Crippen LogP contribution < -0.4 is 15.4 Å². The molecule has 4 atom stereocenters. The number of carbonyl (C=O) groups is 3. The number of hydrogen-bond acceptors (Lipinski definition) is 4.